The van der Waals surface area contributed by atoms with Crippen molar-refractivity contribution < 1.29 is 13.9 Å². The third-order valence-corrected chi connectivity index (χ3v) is 5.67. The minimum atomic E-state index is -0.250. The first-order valence-corrected chi connectivity index (χ1v) is 11.4. The van der Waals surface area contributed by atoms with Crippen LogP contribution in [0.25, 0.3) is 0 Å². The van der Waals surface area contributed by atoms with Gasteiger partial charge in [-0.3, -0.25) is 19.6 Å². The zero-order valence-electron chi connectivity index (χ0n) is 19.1. The molecule has 8 nitrogen and oxygen atoms in total. The van der Waals surface area contributed by atoms with Crippen LogP contribution in [0.3, 0.4) is 0 Å². The van der Waals surface area contributed by atoms with Crippen LogP contribution in [0.15, 0.2) is 59.5 Å². The number of nitrogens with zero attached hydrogens (tertiary/aromatic N) is 4. The average Bonchev–Trinajstić information content (AvgIpc) is 3.31. The molecule has 174 valence electrons. The van der Waals surface area contributed by atoms with E-state index in [1.54, 1.807) is 12.4 Å². The van der Waals surface area contributed by atoms with Crippen LogP contribution in [0.4, 0.5) is 0 Å². The number of oxazole rings is 1. The summed E-state index contributed by atoms with van der Waals surface area (Å²) < 4.78 is 11.1. The van der Waals surface area contributed by atoms with Gasteiger partial charge in [0.1, 0.15) is 6.26 Å². The Kier molecular flexibility index (Phi) is 8.19. The van der Waals surface area contributed by atoms with E-state index in [4.69, 9.17) is 9.15 Å². The molecule has 4 rings (SSSR count). The Hall–Kier alpha value is -3.07. The number of aromatic nitrogens is 2. The van der Waals surface area contributed by atoms with E-state index in [0.29, 0.717) is 24.7 Å². The fourth-order valence-electron chi connectivity index (χ4n) is 3.84. The number of pyridine rings is 1. The summed E-state index contributed by atoms with van der Waals surface area (Å²) in [7, 11) is 0. The molecule has 2 aromatic heterocycles. The molecular weight excluding hydrogens is 418 g/mol. The van der Waals surface area contributed by atoms with Crippen molar-refractivity contribution in [1.82, 2.24) is 25.1 Å². The lowest BCUT2D eigenvalue weighted by atomic mass is 10.1. The maximum absolute atomic E-state index is 12.5. The number of benzene rings is 1. The van der Waals surface area contributed by atoms with Crippen LogP contribution in [0.5, 0.6) is 0 Å². The zero-order chi connectivity index (χ0) is 22.9. The highest BCUT2D eigenvalue weighted by Gasteiger charge is 2.17. The number of rotatable bonds is 10. The summed E-state index contributed by atoms with van der Waals surface area (Å²) in [5, 5.41) is 2.87. The van der Waals surface area contributed by atoms with Gasteiger partial charge in [0.25, 0.3) is 5.91 Å². The second-order valence-corrected chi connectivity index (χ2v) is 8.32. The van der Waals surface area contributed by atoms with Crippen LogP contribution in [-0.4, -0.2) is 65.1 Å². The minimum absolute atomic E-state index is 0.250. The van der Waals surface area contributed by atoms with Gasteiger partial charge in [-0.1, -0.05) is 29.8 Å². The highest BCUT2D eigenvalue weighted by Crippen LogP contribution is 2.13. The molecule has 1 fully saturated rings. The topological polar surface area (TPSA) is 83.7 Å². The highest BCUT2D eigenvalue weighted by atomic mass is 16.5. The number of hydrogen-bond donors (Lipinski definition) is 1. The second kappa shape index (κ2) is 11.7. The van der Waals surface area contributed by atoms with Gasteiger partial charge in [0.2, 0.25) is 5.89 Å². The fraction of sp³-hybridized carbons (Fsp3) is 0.400. The molecule has 0 radical (unpaired) electrons. The molecule has 33 heavy (non-hydrogen) atoms. The summed E-state index contributed by atoms with van der Waals surface area (Å²) in [6, 6.07) is 12.3. The van der Waals surface area contributed by atoms with E-state index >= 15 is 0 Å². The maximum atomic E-state index is 12.5. The summed E-state index contributed by atoms with van der Waals surface area (Å²) in [4.78, 5) is 25.7. The Morgan fingerprint density at radius 2 is 1.94 bits per heavy atom. The molecule has 1 aliphatic rings. The van der Waals surface area contributed by atoms with Crippen LogP contribution in [-0.2, 0) is 24.4 Å². The van der Waals surface area contributed by atoms with Crippen LogP contribution in [0, 0.1) is 6.92 Å². The van der Waals surface area contributed by atoms with E-state index < -0.39 is 0 Å². The smallest absolute Gasteiger partial charge is 0.273 e. The predicted octanol–water partition coefficient (Wildman–Crippen LogP) is 2.64. The average molecular weight is 450 g/mol. The standard InChI is InChI=1S/C25H31N5O3/c1-20-3-2-4-22(15-20)17-30(10-9-29-11-13-32-14-12-29)18-24-28-23(19-33-24)25(31)27-16-21-5-7-26-8-6-21/h2-8,15,19H,9-14,16-18H2,1H3,(H,27,31). The van der Waals surface area contributed by atoms with Crippen molar-refractivity contribution >= 4 is 5.91 Å². The molecule has 0 unspecified atom stereocenters. The van der Waals surface area contributed by atoms with Gasteiger partial charge in [-0.05, 0) is 30.2 Å². The van der Waals surface area contributed by atoms with Gasteiger partial charge in [-0.25, -0.2) is 4.98 Å². The summed E-state index contributed by atoms with van der Waals surface area (Å²) in [6.07, 6.45) is 4.84. The molecular formula is C25H31N5O3. The number of ether oxygens (including phenoxy) is 1. The van der Waals surface area contributed by atoms with Gasteiger partial charge in [0, 0.05) is 51.7 Å². The molecule has 0 aliphatic carbocycles. The highest BCUT2D eigenvalue weighted by molar-refractivity contribution is 5.91. The summed E-state index contributed by atoms with van der Waals surface area (Å²) in [5.41, 5.74) is 3.76. The minimum Gasteiger partial charge on any atom is -0.447 e. The van der Waals surface area contributed by atoms with Crippen LogP contribution in [0.1, 0.15) is 33.1 Å². The van der Waals surface area contributed by atoms with E-state index in [-0.39, 0.29) is 5.91 Å². The Labute approximate surface area is 194 Å². The van der Waals surface area contributed by atoms with Gasteiger partial charge in [-0.2, -0.15) is 0 Å². The molecule has 1 aliphatic heterocycles. The van der Waals surface area contributed by atoms with E-state index in [1.807, 2.05) is 12.1 Å². The van der Waals surface area contributed by atoms with E-state index in [9.17, 15) is 4.79 Å². The molecule has 0 spiro atoms. The number of carbonyl (C=O) groups is 1. The largest absolute Gasteiger partial charge is 0.447 e. The first-order chi connectivity index (χ1) is 16.2. The number of hydrogen-bond acceptors (Lipinski definition) is 7. The molecule has 0 bridgehead atoms. The predicted molar refractivity (Wildman–Crippen MR) is 124 cm³/mol. The second-order valence-electron chi connectivity index (χ2n) is 8.32. The van der Waals surface area contributed by atoms with Crippen molar-refractivity contribution in [2.45, 2.75) is 26.6 Å². The third-order valence-electron chi connectivity index (χ3n) is 5.67. The van der Waals surface area contributed by atoms with Crippen molar-refractivity contribution in [3.8, 4) is 0 Å². The molecule has 8 heteroatoms. The summed E-state index contributed by atoms with van der Waals surface area (Å²) in [5.74, 6) is 0.291. The maximum Gasteiger partial charge on any atom is 0.273 e. The fourth-order valence-corrected chi connectivity index (χ4v) is 3.84. The first-order valence-electron chi connectivity index (χ1n) is 11.4. The SMILES string of the molecule is Cc1cccc(CN(CCN2CCOCC2)Cc2nc(C(=O)NCc3ccncc3)co2)c1. The van der Waals surface area contributed by atoms with Gasteiger partial charge >= 0.3 is 0 Å². The van der Waals surface area contributed by atoms with Crippen molar-refractivity contribution in [2.24, 2.45) is 0 Å². The monoisotopic (exact) mass is 449 g/mol. The normalized spacial score (nSPS) is 14.5. The van der Waals surface area contributed by atoms with E-state index in [2.05, 4.69) is 56.3 Å². The Morgan fingerprint density at radius 1 is 1.12 bits per heavy atom. The lowest BCUT2D eigenvalue weighted by molar-refractivity contribution is 0.0320. The number of morpholine rings is 1. The number of aryl methyl sites for hydroxylation is 1. The quantitative estimate of drug-likeness (QED) is 0.509. The molecule has 1 aromatic carbocycles. The van der Waals surface area contributed by atoms with Crippen molar-refractivity contribution in [2.75, 3.05) is 39.4 Å². The lowest BCUT2D eigenvalue weighted by Crippen LogP contribution is -2.41. The number of amides is 1. The first kappa shape index (κ1) is 23.1. The summed E-state index contributed by atoms with van der Waals surface area (Å²) >= 11 is 0. The molecule has 0 saturated carbocycles. The van der Waals surface area contributed by atoms with Crippen molar-refractivity contribution in [1.29, 1.82) is 0 Å². The molecule has 1 saturated heterocycles. The van der Waals surface area contributed by atoms with Gasteiger partial charge in [0.05, 0.1) is 19.8 Å². The zero-order valence-corrected chi connectivity index (χ0v) is 19.1. The third kappa shape index (κ3) is 7.21. The Balaban J connectivity index is 1.37. The number of nitrogens with one attached hydrogen (secondary N) is 1. The Bertz CT molecular complexity index is 1020. The van der Waals surface area contributed by atoms with Crippen LogP contribution in [0.2, 0.25) is 0 Å². The molecule has 3 aromatic rings. The lowest BCUT2D eigenvalue weighted by Gasteiger charge is -2.29. The molecule has 1 N–H and O–H groups in total. The van der Waals surface area contributed by atoms with Crippen molar-refractivity contribution in [3.05, 3.63) is 83.3 Å². The van der Waals surface area contributed by atoms with Crippen molar-refractivity contribution in [3.63, 3.8) is 0 Å². The van der Waals surface area contributed by atoms with Crippen LogP contribution < -0.4 is 5.32 Å². The van der Waals surface area contributed by atoms with E-state index in [0.717, 1.165) is 51.5 Å². The van der Waals surface area contributed by atoms with Gasteiger partial charge in [0.15, 0.2) is 5.69 Å². The molecule has 3 heterocycles. The number of carbonyl (C=O) groups excluding carboxylic acids is 1. The summed E-state index contributed by atoms with van der Waals surface area (Å²) in [6.45, 7) is 9.17. The van der Waals surface area contributed by atoms with Gasteiger partial charge in [-0.15, -0.1) is 0 Å². The molecule has 1 amide bonds. The Morgan fingerprint density at radius 3 is 2.73 bits per heavy atom. The van der Waals surface area contributed by atoms with E-state index in [1.165, 1.54) is 17.4 Å². The molecule has 0 atom stereocenters. The van der Waals surface area contributed by atoms with Gasteiger partial charge < -0.3 is 14.5 Å². The van der Waals surface area contributed by atoms with Crippen LogP contribution >= 0.6 is 0 Å².